The maximum absolute atomic E-state index is 12.6. The van der Waals surface area contributed by atoms with Crippen LogP contribution in [-0.4, -0.2) is 62.3 Å². The van der Waals surface area contributed by atoms with Crippen LogP contribution in [0.2, 0.25) is 5.02 Å². The first kappa shape index (κ1) is 20.2. The van der Waals surface area contributed by atoms with Crippen molar-refractivity contribution in [3.63, 3.8) is 0 Å². The molecule has 0 bridgehead atoms. The molecule has 0 spiro atoms. The maximum Gasteiger partial charge on any atom is 0.412 e. The summed E-state index contributed by atoms with van der Waals surface area (Å²) >= 11 is 5.87. The van der Waals surface area contributed by atoms with Crippen molar-refractivity contribution in [2.24, 2.45) is 4.99 Å². The Kier molecular flexibility index (Phi) is 5.90. The van der Waals surface area contributed by atoms with Crippen LogP contribution in [0.1, 0.15) is 0 Å². The fourth-order valence-corrected chi connectivity index (χ4v) is 4.61. The van der Waals surface area contributed by atoms with Crippen molar-refractivity contribution in [2.45, 2.75) is 10.9 Å². The van der Waals surface area contributed by atoms with Crippen LogP contribution >= 0.6 is 11.6 Å². The van der Waals surface area contributed by atoms with E-state index in [1.54, 1.807) is 66.5 Å². The Morgan fingerprint density at radius 2 is 1.86 bits per heavy atom. The van der Waals surface area contributed by atoms with Crippen LogP contribution in [0.15, 0.2) is 64.5 Å². The molecule has 0 saturated carbocycles. The van der Waals surface area contributed by atoms with Gasteiger partial charge in [0.2, 0.25) is 0 Å². The molecule has 0 aromatic heterocycles. The van der Waals surface area contributed by atoms with E-state index in [0.29, 0.717) is 23.1 Å². The lowest BCUT2D eigenvalue weighted by atomic mass is 10.3. The van der Waals surface area contributed by atoms with Crippen molar-refractivity contribution in [1.29, 1.82) is 0 Å². The molecule has 9 heteroatoms. The van der Waals surface area contributed by atoms with E-state index >= 15 is 0 Å². The summed E-state index contributed by atoms with van der Waals surface area (Å²) in [5.74, 6) is 0.393. The zero-order valence-electron chi connectivity index (χ0n) is 15.2. The summed E-state index contributed by atoms with van der Waals surface area (Å²) in [4.78, 5) is 19.4. The van der Waals surface area contributed by atoms with Gasteiger partial charge in [0.05, 0.1) is 23.2 Å². The number of anilines is 1. The highest BCUT2D eigenvalue weighted by molar-refractivity contribution is 7.91. The van der Waals surface area contributed by atoms with Crippen LogP contribution in [0.25, 0.3) is 0 Å². The molecule has 0 radical (unpaired) electrons. The second-order valence-electron chi connectivity index (χ2n) is 6.52. The van der Waals surface area contributed by atoms with E-state index in [1.807, 2.05) is 0 Å². The number of amides is 1. The van der Waals surface area contributed by atoms with Gasteiger partial charge in [0, 0.05) is 24.3 Å². The smallest absolute Gasteiger partial charge is 0.412 e. The van der Waals surface area contributed by atoms with Crippen molar-refractivity contribution >= 4 is 39.1 Å². The Bertz CT molecular complexity index is 978. The van der Waals surface area contributed by atoms with Gasteiger partial charge in [-0.05, 0) is 36.4 Å². The van der Waals surface area contributed by atoms with Gasteiger partial charge in [-0.1, -0.05) is 29.8 Å². The number of carboxylic acid groups (broad SMARTS) is 1. The zero-order chi connectivity index (χ0) is 20.3. The van der Waals surface area contributed by atoms with E-state index in [1.165, 1.54) is 0 Å². The first-order chi connectivity index (χ1) is 13.3. The summed E-state index contributed by atoms with van der Waals surface area (Å²) < 4.78 is 25.2. The number of halogens is 1. The molecule has 3 rings (SSSR count). The Morgan fingerprint density at radius 3 is 2.46 bits per heavy atom. The maximum atomic E-state index is 12.6. The third kappa shape index (κ3) is 4.63. The normalized spacial score (nSPS) is 16.7. The van der Waals surface area contributed by atoms with Crippen LogP contribution in [0, 0.1) is 0 Å². The third-order valence-electron chi connectivity index (χ3n) is 4.44. The molecule has 1 atom stereocenters. The Morgan fingerprint density at radius 1 is 1.21 bits per heavy atom. The minimum Gasteiger partial charge on any atom is -0.465 e. The number of likely N-dealkylation sites (N-methyl/N-ethyl adjacent to an activating group) is 1. The van der Waals surface area contributed by atoms with Crippen LogP contribution < -0.4 is 4.90 Å². The van der Waals surface area contributed by atoms with Gasteiger partial charge in [0.1, 0.15) is 5.84 Å². The fourth-order valence-electron chi connectivity index (χ4n) is 3.03. The number of hydrogen-bond acceptors (Lipinski definition) is 5. The molecule has 28 heavy (non-hydrogen) atoms. The average Bonchev–Trinajstić information content (AvgIpc) is 2.99. The lowest BCUT2D eigenvalue weighted by molar-refractivity contribution is 0.202. The van der Waals surface area contributed by atoms with Gasteiger partial charge in [-0.3, -0.25) is 9.89 Å². The van der Waals surface area contributed by atoms with Gasteiger partial charge < -0.3 is 10.0 Å². The van der Waals surface area contributed by atoms with Crippen LogP contribution in [0.5, 0.6) is 0 Å². The first-order valence-corrected chi connectivity index (χ1v) is 10.6. The summed E-state index contributed by atoms with van der Waals surface area (Å²) in [6.07, 6.45) is -1.13. The van der Waals surface area contributed by atoms with Crippen molar-refractivity contribution in [1.82, 2.24) is 4.90 Å². The van der Waals surface area contributed by atoms with Gasteiger partial charge in [-0.15, -0.1) is 0 Å². The standard InChI is InChI=1S/C19H20ClN3O4S/c1-22-11-15(13-28(26,27)17-5-3-2-4-6-17)21-18(22)12-23(19(24)25)16-9-7-14(20)8-10-16/h2-10,15H,11-13H2,1H3,(H,24,25). The molecule has 1 heterocycles. The predicted octanol–water partition coefficient (Wildman–Crippen LogP) is 3.01. The monoisotopic (exact) mass is 421 g/mol. The lowest BCUT2D eigenvalue weighted by Crippen LogP contribution is -2.39. The minimum absolute atomic E-state index is 0.0232. The minimum atomic E-state index is -3.47. The zero-order valence-corrected chi connectivity index (χ0v) is 16.8. The summed E-state index contributed by atoms with van der Waals surface area (Å²) in [6, 6.07) is 14.2. The number of sulfone groups is 1. The molecule has 148 valence electrons. The number of amidine groups is 1. The highest BCUT2D eigenvalue weighted by Crippen LogP contribution is 2.21. The summed E-state index contributed by atoms with van der Waals surface area (Å²) in [6.45, 7) is 0.435. The first-order valence-electron chi connectivity index (χ1n) is 8.58. The number of benzene rings is 2. The van der Waals surface area contributed by atoms with E-state index in [0.717, 1.165) is 4.90 Å². The van der Waals surface area contributed by atoms with Crippen molar-refractivity contribution in [2.75, 3.05) is 30.8 Å². The van der Waals surface area contributed by atoms with E-state index in [9.17, 15) is 18.3 Å². The molecule has 1 unspecified atom stereocenters. The van der Waals surface area contributed by atoms with Crippen molar-refractivity contribution in [3.05, 3.63) is 59.6 Å². The van der Waals surface area contributed by atoms with Crippen LogP contribution in [0.4, 0.5) is 10.5 Å². The van der Waals surface area contributed by atoms with E-state index < -0.39 is 22.0 Å². The third-order valence-corrected chi connectivity index (χ3v) is 6.51. The molecule has 2 aromatic rings. The molecule has 1 aliphatic heterocycles. The number of hydrogen-bond donors (Lipinski definition) is 1. The Labute approximate surface area is 168 Å². The second kappa shape index (κ2) is 8.20. The second-order valence-corrected chi connectivity index (χ2v) is 8.99. The van der Waals surface area contributed by atoms with Gasteiger partial charge in [0.15, 0.2) is 9.84 Å². The number of nitrogens with zero attached hydrogens (tertiary/aromatic N) is 3. The Balaban J connectivity index is 1.76. The molecule has 0 fully saturated rings. The lowest BCUT2D eigenvalue weighted by Gasteiger charge is -2.22. The SMILES string of the molecule is CN1CC(CS(=O)(=O)c2ccccc2)N=C1CN(C(=O)O)c1ccc(Cl)cc1. The van der Waals surface area contributed by atoms with Crippen LogP contribution in [-0.2, 0) is 9.84 Å². The number of aliphatic imine (C=N–C) groups is 1. The van der Waals surface area contributed by atoms with Gasteiger partial charge in [0.25, 0.3) is 0 Å². The molecule has 0 saturated heterocycles. The fraction of sp³-hybridized carbons (Fsp3) is 0.263. The number of carbonyl (C=O) groups is 1. The molecule has 1 aliphatic rings. The topological polar surface area (TPSA) is 90.3 Å². The Hall–Kier alpha value is -2.58. The predicted molar refractivity (Wildman–Crippen MR) is 109 cm³/mol. The summed E-state index contributed by atoms with van der Waals surface area (Å²) in [5, 5.41) is 10.1. The molecule has 1 amide bonds. The molecule has 0 aliphatic carbocycles. The number of rotatable bonds is 6. The van der Waals surface area contributed by atoms with Gasteiger partial charge in [-0.2, -0.15) is 0 Å². The quantitative estimate of drug-likeness (QED) is 0.774. The highest BCUT2D eigenvalue weighted by atomic mass is 35.5. The van der Waals surface area contributed by atoms with Gasteiger partial charge >= 0.3 is 6.09 Å². The van der Waals surface area contributed by atoms with Gasteiger partial charge in [-0.25, -0.2) is 13.2 Å². The average molecular weight is 422 g/mol. The molecule has 1 N–H and O–H groups in total. The summed E-state index contributed by atoms with van der Waals surface area (Å²) in [7, 11) is -1.70. The van der Waals surface area contributed by atoms with Crippen molar-refractivity contribution in [3.8, 4) is 0 Å². The van der Waals surface area contributed by atoms with E-state index in [4.69, 9.17) is 11.6 Å². The summed E-state index contributed by atoms with van der Waals surface area (Å²) in [5.41, 5.74) is 0.466. The molecule has 7 nitrogen and oxygen atoms in total. The van der Waals surface area contributed by atoms with Crippen molar-refractivity contribution < 1.29 is 18.3 Å². The van der Waals surface area contributed by atoms with E-state index in [-0.39, 0.29) is 17.2 Å². The molecule has 2 aromatic carbocycles. The van der Waals surface area contributed by atoms with E-state index in [2.05, 4.69) is 4.99 Å². The molecular formula is C19H20ClN3O4S. The van der Waals surface area contributed by atoms with Crippen LogP contribution in [0.3, 0.4) is 0 Å². The largest absolute Gasteiger partial charge is 0.465 e. The molecular weight excluding hydrogens is 402 g/mol. The highest BCUT2D eigenvalue weighted by Gasteiger charge is 2.30.